The number of likely N-dealkylation sites (N-methyl/N-ethyl adjacent to an activating group) is 1. The molecule has 0 spiro atoms. The average Bonchev–Trinajstić information content (AvgIpc) is 2.98. The van der Waals surface area contributed by atoms with Crippen molar-refractivity contribution >= 4 is 0 Å². The van der Waals surface area contributed by atoms with Crippen molar-refractivity contribution in [1.82, 2.24) is 10.2 Å². The lowest BCUT2D eigenvalue weighted by Crippen LogP contribution is -2.43. The first kappa shape index (κ1) is 15.3. The predicted octanol–water partition coefficient (Wildman–Crippen LogP) is 2.70. The maximum atomic E-state index is 5.21. The Labute approximate surface area is 123 Å². The largest absolute Gasteiger partial charge is 0.497 e. The molecule has 3 nitrogen and oxygen atoms in total. The van der Waals surface area contributed by atoms with Crippen LogP contribution in [-0.2, 0) is 6.42 Å². The highest BCUT2D eigenvalue weighted by Gasteiger charge is 2.20. The van der Waals surface area contributed by atoms with Gasteiger partial charge in [-0.1, -0.05) is 19.1 Å². The van der Waals surface area contributed by atoms with Gasteiger partial charge in [0.1, 0.15) is 5.75 Å². The maximum Gasteiger partial charge on any atom is 0.118 e. The van der Waals surface area contributed by atoms with Crippen LogP contribution in [0.1, 0.15) is 32.3 Å². The lowest BCUT2D eigenvalue weighted by Gasteiger charge is -2.30. The molecule has 1 aromatic rings. The number of rotatable bonds is 7. The molecule has 0 saturated carbocycles. The first-order valence-corrected chi connectivity index (χ1v) is 7.83. The Morgan fingerprint density at radius 3 is 2.65 bits per heavy atom. The fourth-order valence-electron chi connectivity index (χ4n) is 3.05. The standard InChI is InChI=1S/C17H28N2O/c1-4-19(13-16-6-5-11-18-16)14(2)12-15-7-9-17(20-3)10-8-15/h7-10,14,16,18H,4-6,11-13H2,1-3H3. The maximum absolute atomic E-state index is 5.21. The van der Waals surface area contributed by atoms with E-state index in [0.717, 1.165) is 18.7 Å². The average molecular weight is 276 g/mol. The van der Waals surface area contributed by atoms with Crippen molar-refractivity contribution in [3.63, 3.8) is 0 Å². The Kier molecular flexibility index (Phi) is 5.86. The van der Waals surface area contributed by atoms with Gasteiger partial charge in [0.05, 0.1) is 7.11 Å². The molecule has 20 heavy (non-hydrogen) atoms. The monoisotopic (exact) mass is 276 g/mol. The molecule has 1 aliphatic rings. The Bertz CT molecular complexity index is 384. The van der Waals surface area contributed by atoms with Crippen LogP contribution in [0.4, 0.5) is 0 Å². The van der Waals surface area contributed by atoms with Crippen LogP contribution in [-0.4, -0.2) is 43.7 Å². The van der Waals surface area contributed by atoms with Crippen molar-refractivity contribution in [3.05, 3.63) is 29.8 Å². The molecule has 0 aromatic heterocycles. The van der Waals surface area contributed by atoms with Crippen LogP contribution in [0.5, 0.6) is 5.75 Å². The summed E-state index contributed by atoms with van der Waals surface area (Å²) in [5.74, 6) is 0.934. The number of nitrogens with one attached hydrogen (secondary N) is 1. The van der Waals surface area contributed by atoms with Gasteiger partial charge in [0.2, 0.25) is 0 Å². The summed E-state index contributed by atoms with van der Waals surface area (Å²) in [6, 6.07) is 9.73. The van der Waals surface area contributed by atoms with Gasteiger partial charge in [0, 0.05) is 18.6 Å². The summed E-state index contributed by atoms with van der Waals surface area (Å²) < 4.78 is 5.21. The minimum absolute atomic E-state index is 0.579. The first-order chi connectivity index (χ1) is 9.72. The molecule has 0 radical (unpaired) electrons. The van der Waals surface area contributed by atoms with Crippen LogP contribution in [0.15, 0.2) is 24.3 Å². The first-order valence-electron chi connectivity index (χ1n) is 7.83. The van der Waals surface area contributed by atoms with Crippen LogP contribution in [0, 0.1) is 0 Å². The number of hydrogen-bond donors (Lipinski definition) is 1. The van der Waals surface area contributed by atoms with Crippen LogP contribution in [0.2, 0.25) is 0 Å². The zero-order valence-corrected chi connectivity index (χ0v) is 13.1. The van der Waals surface area contributed by atoms with Gasteiger partial charge in [0.25, 0.3) is 0 Å². The minimum Gasteiger partial charge on any atom is -0.497 e. The summed E-state index contributed by atoms with van der Waals surface area (Å²) in [6.45, 7) is 8.08. The zero-order valence-electron chi connectivity index (χ0n) is 13.1. The molecule has 0 bridgehead atoms. The fourth-order valence-corrected chi connectivity index (χ4v) is 3.05. The molecule has 3 heteroatoms. The van der Waals surface area contributed by atoms with E-state index < -0.39 is 0 Å². The molecule has 1 aromatic carbocycles. The van der Waals surface area contributed by atoms with E-state index in [4.69, 9.17) is 4.74 Å². The molecule has 1 N–H and O–H groups in total. The Morgan fingerprint density at radius 1 is 1.35 bits per heavy atom. The summed E-state index contributed by atoms with van der Waals surface area (Å²) in [5.41, 5.74) is 1.39. The zero-order chi connectivity index (χ0) is 14.4. The second-order valence-corrected chi connectivity index (χ2v) is 5.78. The molecule has 1 heterocycles. The van der Waals surface area contributed by atoms with Crippen molar-refractivity contribution in [1.29, 1.82) is 0 Å². The van der Waals surface area contributed by atoms with Crippen LogP contribution in [0.25, 0.3) is 0 Å². The van der Waals surface area contributed by atoms with Crippen molar-refractivity contribution in [2.45, 2.75) is 45.2 Å². The van der Waals surface area contributed by atoms with Crippen LogP contribution in [0.3, 0.4) is 0 Å². The molecule has 1 saturated heterocycles. The second kappa shape index (κ2) is 7.65. The van der Waals surface area contributed by atoms with E-state index in [2.05, 4.69) is 48.3 Å². The van der Waals surface area contributed by atoms with E-state index in [0.29, 0.717) is 12.1 Å². The molecule has 0 aliphatic carbocycles. The van der Waals surface area contributed by atoms with Crippen molar-refractivity contribution in [3.8, 4) is 5.75 Å². The van der Waals surface area contributed by atoms with Crippen molar-refractivity contribution < 1.29 is 4.74 Å². The SMILES string of the molecule is CCN(CC1CCCN1)C(C)Cc1ccc(OC)cc1. The van der Waals surface area contributed by atoms with E-state index in [-0.39, 0.29) is 0 Å². The van der Waals surface area contributed by atoms with E-state index in [1.807, 2.05) is 0 Å². The van der Waals surface area contributed by atoms with E-state index in [9.17, 15) is 0 Å². The van der Waals surface area contributed by atoms with Crippen LogP contribution < -0.4 is 10.1 Å². The molecule has 2 unspecified atom stereocenters. The summed E-state index contributed by atoms with van der Waals surface area (Å²) in [4.78, 5) is 2.59. The predicted molar refractivity (Wildman–Crippen MR) is 84.4 cm³/mol. The highest BCUT2D eigenvalue weighted by atomic mass is 16.5. The molecule has 2 rings (SSSR count). The number of hydrogen-bond acceptors (Lipinski definition) is 3. The quantitative estimate of drug-likeness (QED) is 0.828. The van der Waals surface area contributed by atoms with Crippen molar-refractivity contribution in [2.75, 3.05) is 26.7 Å². The van der Waals surface area contributed by atoms with Gasteiger partial charge in [0.15, 0.2) is 0 Å². The Hall–Kier alpha value is -1.06. The smallest absolute Gasteiger partial charge is 0.118 e. The summed E-state index contributed by atoms with van der Waals surface area (Å²) >= 11 is 0. The number of ether oxygens (including phenoxy) is 1. The summed E-state index contributed by atoms with van der Waals surface area (Å²) in [5, 5.41) is 3.60. The lowest BCUT2D eigenvalue weighted by atomic mass is 10.0. The molecule has 1 aliphatic heterocycles. The van der Waals surface area contributed by atoms with Gasteiger partial charge >= 0.3 is 0 Å². The number of benzene rings is 1. The Balaban J connectivity index is 1.88. The van der Waals surface area contributed by atoms with Gasteiger partial charge in [-0.15, -0.1) is 0 Å². The molecule has 0 amide bonds. The molecule has 112 valence electrons. The lowest BCUT2D eigenvalue weighted by molar-refractivity contribution is 0.200. The van der Waals surface area contributed by atoms with Gasteiger partial charge in [-0.3, -0.25) is 4.90 Å². The van der Waals surface area contributed by atoms with E-state index in [1.165, 1.54) is 31.5 Å². The van der Waals surface area contributed by atoms with Gasteiger partial charge in [-0.2, -0.15) is 0 Å². The van der Waals surface area contributed by atoms with Gasteiger partial charge in [-0.05, 0) is 57.0 Å². The third-order valence-corrected chi connectivity index (χ3v) is 4.34. The highest BCUT2D eigenvalue weighted by molar-refractivity contribution is 5.27. The Morgan fingerprint density at radius 2 is 2.10 bits per heavy atom. The number of methoxy groups -OCH3 is 1. The van der Waals surface area contributed by atoms with E-state index >= 15 is 0 Å². The second-order valence-electron chi connectivity index (χ2n) is 5.78. The highest BCUT2D eigenvalue weighted by Crippen LogP contribution is 2.16. The van der Waals surface area contributed by atoms with E-state index in [1.54, 1.807) is 7.11 Å². The summed E-state index contributed by atoms with van der Waals surface area (Å²) in [7, 11) is 1.71. The molecule has 2 atom stereocenters. The van der Waals surface area contributed by atoms with Crippen molar-refractivity contribution in [2.24, 2.45) is 0 Å². The topological polar surface area (TPSA) is 24.5 Å². The van der Waals surface area contributed by atoms with Gasteiger partial charge in [-0.25, -0.2) is 0 Å². The normalized spacial score (nSPS) is 20.3. The minimum atomic E-state index is 0.579. The molecular weight excluding hydrogens is 248 g/mol. The molecule has 1 fully saturated rings. The van der Waals surface area contributed by atoms with Gasteiger partial charge < -0.3 is 10.1 Å². The summed E-state index contributed by atoms with van der Waals surface area (Å²) in [6.07, 6.45) is 3.76. The third kappa shape index (κ3) is 4.22. The van der Waals surface area contributed by atoms with Crippen LogP contribution >= 0.6 is 0 Å². The number of nitrogens with zero attached hydrogens (tertiary/aromatic N) is 1. The fraction of sp³-hybridized carbons (Fsp3) is 0.647. The third-order valence-electron chi connectivity index (χ3n) is 4.34. The molecular formula is C17H28N2O.